The number of hydrogen-bond acceptors (Lipinski definition) is 8. The fraction of sp³-hybridized carbons (Fsp3) is 0.280. The lowest BCUT2D eigenvalue weighted by Gasteiger charge is -2.15. The third-order valence-corrected chi connectivity index (χ3v) is 5.53. The molecule has 1 fully saturated rings. The summed E-state index contributed by atoms with van der Waals surface area (Å²) in [6.45, 7) is 2.75. The molecule has 1 aliphatic rings. The molecule has 4 rings (SSSR count). The van der Waals surface area contributed by atoms with Crippen molar-refractivity contribution in [1.82, 2.24) is 15.6 Å². The molecule has 10 nitrogen and oxygen atoms in total. The molecule has 0 spiro atoms. The first-order valence-corrected chi connectivity index (χ1v) is 11.3. The molecule has 1 atom stereocenters. The molecule has 0 bridgehead atoms. The summed E-state index contributed by atoms with van der Waals surface area (Å²) in [5.74, 6) is -0.687. The molecule has 1 aromatic heterocycles. The van der Waals surface area contributed by atoms with Crippen LogP contribution >= 0.6 is 0 Å². The zero-order valence-corrected chi connectivity index (χ0v) is 19.9. The molecule has 1 aliphatic heterocycles. The number of ether oxygens (including phenoxy) is 1. The third kappa shape index (κ3) is 6.05. The predicted octanol–water partition coefficient (Wildman–Crippen LogP) is 3.08. The number of halogens is 1. The van der Waals surface area contributed by atoms with Gasteiger partial charge in [-0.25, -0.2) is 14.2 Å². The van der Waals surface area contributed by atoms with Gasteiger partial charge in [-0.05, 0) is 23.8 Å². The van der Waals surface area contributed by atoms with E-state index >= 15 is 4.39 Å². The highest BCUT2D eigenvalue weighted by Gasteiger charge is 2.32. The Labute approximate surface area is 207 Å². The Hall–Kier alpha value is -4.25. The Kier molecular flexibility index (Phi) is 7.91. The number of carbonyl (C=O) groups is 2. The first kappa shape index (κ1) is 24.9. The molecule has 0 aliphatic carbocycles. The van der Waals surface area contributed by atoms with Crippen molar-refractivity contribution >= 4 is 23.4 Å². The largest absolute Gasteiger partial charge is 0.451 e. The maximum atomic E-state index is 15.0. The molecule has 188 valence electrons. The molecule has 2 N–H and O–H groups in total. The van der Waals surface area contributed by atoms with Gasteiger partial charge in [-0.15, -0.1) is 0 Å². The van der Waals surface area contributed by atoms with Crippen molar-refractivity contribution in [2.45, 2.75) is 19.6 Å². The maximum absolute atomic E-state index is 15.0. The third-order valence-electron chi connectivity index (χ3n) is 5.53. The second-order valence-corrected chi connectivity index (χ2v) is 8.10. The Balaban J connectivity index is 1.43. The van der Waals surface area contributed by atoms with E-state index in [1.807, 2.05) is 12.1 Å². The van der Waals surface area contributed by atoms with E-state index in [0.29, 0.717) is 35.6 Å². The van der Waals surface area contributed by atoms with Crippen LogP contribution in [0.4, 0.5) is 14.9 Å². The van der Waals surface area contributed by atoms with Crippen LogP contribution in [0.5, 0.6) is 0 Å². The topological polar surface area (TPSA) is 118 Å². The molecule has 2 amide bonds. The first-order valence-electron chi connectivity index (χ1n) is 11.3. The van der Waals surface area contributed by atoms with Crippen molar-refractivity contribution in [1.29, 1.82) is 0 Å². The number of cyclic esters (lactones) is 1. The number of nitrogens with zero attached hydrogens (tertiary/aromatic N) is 3. The summed E-state index contributed by atoms with van der Waals surface area (Å²) in [7, 11) is 1.47. The fourth-order valence-corrected chi connectivity index (χ4v) is 3.78. The van der Waals surface area contributed by atoms with E-state index < -0.39 is 18.0 Å². The van der Waals surface area contributed by atoms with Gasteiger partial charge < -0.3 is 24.6 Å². The highest BCUT2D eigenvalue weighted by Crippen LogP contribution is 2.29. The van der Waals surface area contributed by atoms with E-state index in [1.165, 1.54) is 31.4 Å². The SMILES string of the molecule is CON=C(CNCc1cocn1)c1ccc(-c2ccc(N3C[C@H](CNC(C)=O)OC3=O)cc2F)cc1. The number of benzene rings is 2. The molecule has 3 aromatic rings. The first-order chi connectivity index (χ1) is 17.4. The molecule has 2 aromatic carbocycles. The maximum Gasteiger partial charge on any atom is 0.414 e. The van der Waals surface area contributed by atoms with Crippen molar-refractivity contribution in [2.75, 3.05) is 31.6 Å². The molecule has 0 saturated carbocycles. The Morgan fingerprint density at radius 3 is 2.75 bits per heavy atom. The van der Waals surface area contributed by atoms with Gasteiger partial charge in [0.1, 0.15) is 31.0 Å². The zero-order valence-electron chi connectivity index (χ0n) is 19.9. The number of anilines is 1. The van der Waals surface area contributed by atoms with Crippen molar-refractivity contribution in [2.24, 2.45) is 5.16 Å². The smallest absolute Gasteiger partial charge is 0.414 e. The van der Waals surface area contributed by atoms with Crippen molar-refractivity contribution < 1.29 is 28.0 Å². The molecular formula is C25H26FN5O5. The minimum absolute atomic E-state index is 0.203. The summed E-state index contributed by atoms with van der Waals surface area (Å²) in [4.78, 5) is 33.7. The Morgan fingerprint density at radius 1 is 1.28 bits per heavy atom. The van der Waals surface area contributed by atoms with Gasteiger partial charge in [-0.3, -0.25) is 9.69 Å². The molecule has 2 heterocycles. The van der Waals surface area contributed by atoms with Crippen LogP contribution in [0.3, 0.4) is 0 Å². The standard InChI is InChI=1S/C25H26FN5O5/c1-16(32)28-11-21-13-31(25(33)36-21)20-7-8-22(23(26)9-20)17-3-5-18(6-4-17)24(30-34-2)12-27-10-19-14-35-15-29-19/h3-9,14-15,21,27H,10-13H2,1-2H3,(H,28,32)/t21-/m0/s1. The average Bonchev–Trinajstić information content (AvgIpc) is 3.52. The summed E-state index contributed by atoms with van der Waals surface area (Å²) >= 11 is 0. The summed E-state index contributed by atoms with van der Waals surface area (Å²) in [5.41, 5.74) is 3.70. The van der Waals surface area contributed by atoms with Crippen LogP contribution in [0.15, 0.2) is 64.7 Å². The second-order valence-electron chi connectivity index (χ2n) is 8.10. The Morgan fingerprint density at radius 2 is 2.08 bits per heavy atom. The van der Waals surface area contributed by atoms with Crippen LogP contribution in [0.25, 0.3) is 11.1 Å². The lowest BCUT2D eigenvalue weighted by atomic mass is 10.0. The lowest BCUT2D eigenvalue weighted by Crippen LogP contribution is -2.33. The van der Waals surface area contributed by atoms with Gasteiger partial charge in [-0.2, -0.15) is 0 Å². The van der Waals surface area contributed by atoms with Crippen molar-refractivity contribution in [3.05, 3.63) is 72.2 Å². The number of oxazole rings is 1. The van der Waals surface area contributed by atoms with E-state index in [4.69, 9.17) is 14.0 Å². The van der Waals surface area contributed by atoms with E-state index in [1.54, 1.807) is 30.5 Å². The van der Waals surface area contributed by atoms with Gasteiger partial charge in [0, 0.05) is 31.1 Å². The molecule has 0 unspecified atom stereocenters. The minimum atomic E-state index is -0.580. The van der Waals surface area contributed by atoms with E-state index in [-0.39, 0.29) is 19.0 Å². The van der Waals surface area contributed by atoms with Crippen molar-refractivity contribution in [3.63, 3.8) is 0 Å². The summed E-state index contributed by atoms with van der Waals surface area (Å²) in [5, 5.41) is 9.93. The number of rotatable bonds is 10. The van der Waals surface area contributed by atoms with Gasteiger partial charge in [-0.1, -0.05) is 29.4 Å². The second kappa shape index (κ2) is 11.5. The fourth-order valence-electron chi connectivity index (χ4n) is 3.78. The summed E-state index contributed by atoms with van der Waals surface area (Å²) < 4.78 is 25.3. The quantitative estimate of drug-likeness (QED) is 0.328. The van der Waals surface area contributed by atoms with Crippen LogP contribution < -0.4 is 15.5 Å². The number of aromatic nitrogens is 1. The number of amides is 2. The highest BCUT2D eigenvalue weighted by atomic mass is 19.1. The number of oxime groups is 1. The van der Waals surface area contributed by atoms with E-state index in [2.05, 4.69) is 20.8 Å². The lowest BCUT2D eigenvalue weighted by molar-refractivity contribution is -0.119. The highest BCUT2D eigenvalue weighted by molar-refractivity contribution is 6.02. The average molecular weight is 496 g/mol. The normalized spacial score (nSPS) is 15.6. The minimum Gasteiger partial charge on any atom is -0.451 e. The van der Waals surface area contributed by atoms with Crippen LogP contribution in [0.2, 0.25) is 0 Å². The van der Waals surface area contributed by atoms with Crippen LogP contribution in [-0.4, -0.2) is 55.5 Å². The molecule has 11 heteroatoms. The van der Waals surface area contributed by atoms with Crippen LogP contribution in [-0.2, 0) is 20.9 Å². The van der Waals surface area contributed by atoms with Gasteiger partial charge in [0.2, 0.25) is 5.91 Å². The number of hydrogen-bond donors (Lipinski definition) is 2. The van der Waals surface area contributed by atoms with Crippen LogP contribution in [0, 0.1) is 5.82 Å². The van der Waals surface area contributed by atoms with Crippen molar-refractivity contribution in [3.8, 4) is 11.1 Å². The molecular weight excluding hydrogens is 469 g/mol. The van der Waals surface area contributed by atoms with Crippen LogP contribution in [0.1, 0.15) is 18.2 Å². The summed E-state index contributed by atoms with van der Waals surface area (Å²) in [6.07, 6.45) is 1.85. The number of nitrogens with one attached hydrogen (secondary N) is 2. The van der Waals surface area contributed by atoms with Gasteiger partial charge in [0.05, 0.1) is 24.5 Å². The van der Waals surface area contributed by atoms with Gasteiger partial charge in [0.15, 0.2) is 6.39 Å². The molecule has 1 saturated heterocycles. The number of carbonyl (C=O) groups excluding carboxylic acids is 2. The van der Waals surface area contributed by atoms with Gasteiger partial charge >= 0.3 is 6.09 Å². The molecule has 36 heavy (non-hydrogen) atoms. The van der Waals surface area contributed by atoms with Gasteiger partial charge in [0.25, 0.3) is 0 Å². The summed E-state index contributed by atoms with van der Waals surface area (Å²) in [6, 6.07) is 11.9. The zero-order chi connectivity index (χ0) is 25.5. The monoisotopic (exact) mass is 495 g/mol. The predicted molar refractivity (Wildman–Crippen MR) is 130 cm³/mol. The molecule has 0 radical (unpaired) electrons. The van der Waals surface area contributed by atoms with E-state index in [9.17, 15) is 9.59 Å². The Bertz CT molecular complexity index is 1230. The van der Waals surface area contributed by atoms with E-state index in [0.717, 1.165) is 11.3 Å².